The minimum absolute atomic E-state index is 0.0693. The van der Waals surface area contributed by atoms with Crippen molar-refractivity contribution < 1.29 is 18.4 Å². The van der Waals surface area contributed by atoms with E-state index in [4.69, 9.17) is 5.73 Å². The third-order valence-corrected chi connectivity index (χ3v) is 5.48. The molecule has 1 aromatic rings. The van der Waals surface area contributed by atoms with E-state index < -0.39 is 25.5 Å². The summed E-state index contributed by atoms with van der Waals surface area (Å²) in [6, 6.07) is 3.84. The Morgan fingerprint density at radius 1 is 1.48 bits per heavy atom. The number of nitro groups is 1. The Morgan fingerprint density at radius 3 is 2.62 bits per heavy atom. The molecule has 1 saturated carbocycles. The second-order valence-corrected chi connectivity index (χ2v) is 7.24. The fraction of sp³-hybridized carbons (Fsp3) is 0.500. The predicted octanol–water partition coefficient (Wildman–Crippen LogP) is 0.568. The first-order chi connectivity index (χ1) is 9.73. The maximum Gasteiger partial charge on any atom is 0.312 e. The number of nitrogen functional groups attached to an aromatic ring is 1. The van der Waals surface area contributed by atoms with E-state index in [1.165, 1.54) is 25.2 Å². The first-order valence-electron chi connectivity index (χ1n) is 6.40. The summed E-state index contributed by atoms with van der Waals surface area (Å²) in [6.07, 6.45) is 0.699. The Bertz CT molecular complexity index is 655. The van der Waals surface area contributed by atoms with Crippen molar-refractivity contribution in [3.63, 3.8) is 0 Å². The molecule has 0 aromatic heterocycles. The number of hydrogen-bond acceptors (Lipinski definition) is 6. The summed E-state index contributed by atoms with van der Waals surface area (Å²) in [5, 5.41) is 20.3. The average Bonchev–Trinajstić information content (AvgIpc) is 2.35. The Kier molecular flexibility index (Phi) is 4.17. The van der Waals surface area contributed by atoms with E-state index in [1.807, 2.05) is 0 Å². The molecule has 116 valence electrons. The molecule has 0 atom stereocenters. The van der Waals surface area contributed by atoms with Crippen LogP contribution >= 0.6 is 0 Å². The zero-order valence-electron chi connectivity index (χ0n) is 11.5. The van der Waals surface area contributed by atoms with Gasteiger partial charge in [0, 0.05) is 13.6 Å². The molecule has 0 bridgehead atoms. The van der Waals surface area contributed by atoms with Gasteiger partial charge in [-0.1, -0.05) is 6.07 Å². The van der Waals surface area contributed by atoms with E-state index in [2.05, 4.69) is 0 Å². The van der Waals surface area contributed by atoms with Gasteiger partial charge in [-0.25, -0.2) is 12.7 Å². The number of aliphatic hydroxyl groups excluding tert-OH is 1. The highest BCUT2D eigenvalue weighted by molar-refractivity contribution is 7.89. The normalized spacial score (nSPS) is 22.0. The second-order valence-electron chi connectivity index (χ2n) is 5.23. The summed E-state index contributed by atoms with van der Waals surface area (Å²) in [6.45, 7) is 0.214. The van der Waals surface area contributed by atoms with Crippen LogP contribution in [-0.2, 0) is 10.0 Å². The molecule has 3 N–H and O–H groups in total. The number of benzene rings is 1. The fourth-order valence-electron chi connectivity index (χ4n) is 2.42. The van der Waals surface area contributed by atoms with Crippen LogP contribution in [0, 0.1) is 16.0 Å². The Balaban J connectivity index is 2.31. The van der Waals surface area contributed by atoms with E-state index in [1.54, 1.807) is 0 Å². The van der Waals surface area contributed by atoms with E-state index in [-0.39, 0.29) is 24.3 Å². The van der Waals surface area contributed by atoms with Crippen molar-refractivity contribution in [3.05, 3.63) is 28.3 Å². The van der Waals surface area contributed by atoms with Crippen molar-refractivity contribution in [2.24, 2.45) is 5.92 Å². The highest BCUT2D eigenvalue weighted by Crippen LogP contribution is 2.33. The first kappa shape index (κ1) is 15.7. The van der Waals surface area contributed by atoms with Crippen LogP contribution < -0.4 is 5.73 Å². The van der Waals surface area contributed by atoms with Gasteiger partial charge in [-0.2, -0.15) is 0 Å². The summed E-state index contributed by atoms with van der Waals surface area (Å²) >= 11 is 0. The lowest BCUT2D eigenvalue weighted by molar-refractivity contribution is -0.386. The van der Waals surface area contributed by atoms with Gasteiger partial charge in [-0.3, -0.25) is 10.1 Å². The highest BCUT2D eigenvalue weighted by atomic mass is 32.2. The number of aliphatic hydroxyl groups is 1. The van der Waals surface area contributed by atoms with Gasteiger partial charge in [-0.15, -0.1) is 0 Å². The molecule has 0 spiro atoms. The number of sulfonamides is 1. The number of nitro benzene ring substituents is 1. The Hall–Kier alpha value is -1.71. The quantitative estimate of drug-likeness (QED) is 0.464. The summed E-state index contributed by atoms with van der Waals surface area (Å²) in [7, 11) is -2.63. The number of anilines is 1. The highest BCUT2D eigenvalue weighted by Gasteiger charge is 2.35. The zero-order valence-corrected chi connectivity index (χ0v) is 12.3. The van der Waals surface area contributed by atoms with Gasteiger partial charge in [0.15, 0.2) is 4.90 Å². The largest absolute Gasteiger partial charge is 0.393 e. The van der Waals surface area contributed by atoms with Gasteiger partial charge in [0.2, 0.25) is 10.0 Å². The van der Waals surface area contributed by atoms with Gasteiger partial charge in [-0.05, 0) is 30.9 Å². The molecule has 1 fully saturated rings. The SMILES string of the molecule is CN(CC1CC(O)C1)S(=O)(=O)c1cccc(N)c1[N+](=O)[O-]. The molecule has 0 radical (unpaired) electrons. The van der Waals surface area contributed by atoms with Gasteiger partial charge in [0.05, 0.1) is 11.0 Å². The first-order valence-corrected chi connectivity index (χ1v) is 7.84. The van der Waals surface area contributed by atoms with Crippen LogP contribution in [0.2, 0.25) is 0 Å². The average molecular weight is 315 g/mol. The van der Waals surface area contributed by atoms with Gasteiger partial charge in [0.25, 0.3) is 0 Å². The number of hydrogen-bond donors (Lipinski definition) is 2. The van der Waals surface area contributed by atoms with E-state index in [9.17, 15) is 23.6 Å². The third kappa shape index (κ3) is 2.99. The van der Waals surface area contributed by atoms with Gasteiger partial charge >= 0.3 is 5.69 Å². The number of para-hydroxylation sites is 1. The number of nitrogens with zero attached hydrogens (tertiary/aromatic N) is 2. The predicted molar refractivity (Wildman–Crippen MR) is 76.1 cm³/mol. The molecule has 9 heteroatoms. The topological polar surface area (TPSA) is 127 Å². The molecule has 8 nitrogen and oxygen atoms in total. The molecule has 0 heterocycles. The van der Waals surface area contributed by atoms with Crippen molar-refractivity contribution in [3.8, 4) is 0 Å². The minimum Gasteiger partial charge on any atom is -0.393 e. The zero-order chi connectivity index (χ0) is 15.8. The molecule has 0 saturated heterocycles. The molecule has 0 unspecified atom stereocenters. The third-order valence-electron chi connectivity index (χ3n) is 3.63. The molecule has 0 amide bonds. The lowest BCUT2D eigenvalue weighted by Gasteiger charge is -2.33. The standard InChI is InChI=1S/C12H17N3O5S/c1-14(7-8-5-9(16)6-8)21(19,20)11-4-2-3-10(13)12(11)15(17)18/h2-4,8-9,16H,5-7,13H2,1H3. The van der Waals surface area contributed by atoms with Crippen molar-refractivity contribution in [2.75, 3.05) is 19.3 Å². The molecule has 21 heavy (non-hydrogen) atoms. The minimum atomic E-state index is -4.00. The molecule has 1 aliphatic carbocycles. The summed E-state index contributed by atoms with van der Waals surface area (Å²) in [5.74, 6) is 0.0693. The van der Waals surface area contributed by atoms with Crippen LogP contribution in [-0.4, -0.2) is 42.4 Å². The van der Waals surface area contributed by atoms with Crippen molar-refractivity contribution in [1.29, 1.82) is 0 Å². The number of nitrogens with two attached hydrogens (primary N) is 1. The van der Waals surface area contributed by atoms with Crippen LogP contribution in [0.15, 0.2) is 23.1 Å². The molecule has 1 aromatic carbocycles. The molecule has 0 aliphatic heterocycles. The Morgan fingerprint density at radius 2 is 2.10 bits per heavy atom. The van der Waals surface area contributed by atoms with E-state index in [0.717, 1.165) is 4.31 Å². The fourth-order valence-corrected chi connectivity index (χ4v) is 3.85. The van der Waals surface area contributed by atoms with Crippen LogP contribution in [0.3, 0.4) is 0 Å². The second kappa shape index (κ2) is 5.58. The molecular formula is C12H17N3O5S. The van der Waals surface area contributed by atoms with Crippen LogP contribution in [0.5, 0.6) is 0 Å². The van der Waals surface area contributed by atoms with Crippen molar-refractivity contribution in [2.45, 2.75) is 23.8 Å². The lowest BCUT2D eigenvalue weighted by Crippen LogP contribution is -2.39. The molecular weight excluding hydrogens is 298 g/mol. The van der Waals surface area contributed by atoms with E-state index in [0.29, 0.717) is 12.8 Å². The van der Waals surface area contributed by atoms with Crippen LogP contribution in [0.25, 0.3) is 0 Å². The monoisotopic (exact) mass is 315 g/mol. The maximum absolute atomic E-state index is 12.5. The van der Waals surface area contributed by atoms with E-state index >= 15 is 0 Å². The van der Waals surface area contributed by atoms with Crippen LogP contribution in [0.4, 0.5) is 11.4 Å². The van der Waals surface area contributed by atoms with Gasteiger partial charge in [0.1, 0.15) is 5.69 Å². The van der Waals surface area contributed by atoms with Gasteiger partial charge < -0.3 is 10.8 Å². The van der Waals surface area contributed by atoms with Crippen molar-refractivity contribution in [1.82, 2.24) is 4.31 Å². The summed E-state index contributed by atoms with van der Waals surface area (Å²) in [4.78, 5) is 9.86. The van der Waals surface area contributed by atoms with Crippen molar-refractivity contribution >= 4 is 21.4 Å². The maximum atomic E-state index is 12.5. The Labute approximate surface area is 122 Å². The lowest BCUT2D eigenvalue weighted by atomic mass is 9.82. The molecule has 1 aliphatic rings. The summed E-state index contributed by atoms with van der Waals surface area (Å²) in [5.41, 5.74) is 4.73. The number of rotatable bonds is 5. The van der Waals surface area contributed by atoms with Crippen LogP contribution in [0.1, 0.15) is 12.8 Å². The smallest absolute Gasteiger partial charge is 0.312 e. The molecule has 2 rings (SSSR count). The summed E-state index contributed by atoms with van der Waals surface area (Å²) < 4.78 is 26.0.